The van der Waals surface area contributed by atoms with Crippen molar-refractivity contribution in [2.24, 2.45) is 0 Å². The number of rotatable bonds is 5. The third kappa shape index (κ3) is 4.05. The Morgan fingerprint density at radius 1 is 1.08 bits per heavy atom. The van der Waals surface area contributed by atoms with Crippen molar-refractivity contribution in [2.75, 3.05) is 17.7 Å². The van der Waals surface area contributed by atoms with E-state index in [4.69, 9.17) is 0 Å². The van der Waals surface area contributed by atoms with Crippen LogP contribution in [0.15, 0.2) is 54.7 Å². The van der Waals surface area contributed by atoms with Gasteiger partial charge < -0.3 is 15.4 Å². The maximum atomic E-state index is 13.7. The molecule has 2 N–H and O–H groups in total. The molecule has 0 saturated heterocycles. The van der Waals surface area contributed by atoms with Gasteiger partial charge in [0, 0.05) is 5.69 Å². The van der Waals surface area contributed by atoms with Crippen LogP contribution in [0.25, 0.3) is 0 Å². The van der Waals surface area contributed by atoms with Gasteiger partial charge in [-0.05, 0) is 36.4 Å². The lowest BCUT2D eigenvalue weighted by Crippen LogP contribution is -2.04. The lowest BCUT2D eigenvalue weighted by Gasteiger charge is -2.08. The number of hydrogen-bond donors (Lipinski definition) is 2. The Balaban J connectivity index is 1.73. The highest BCUT2D eigenvalue weighted by molar-refractivity contribution is 5.89. The van der Waals surface area contributed by atoms with E-state index >= 15 is 0 Å². The molecule has 0 amide bonds. The van der Waals surface area contributed by atoms with Crippen molar-refractivity contribution < 1.29 is 13.9 Å². The zero-order valence-corrected chi connectivity index (χ0v) is 13.2. The van der Waals surface area contributed by atoms with Crippen molar-refractivity contribution in [3.8, 4) is 0 Å². The molecule has 0 radical (unpaired) electrons. The first-order valence-corrected chi connectivity index (χ1v) is 7.32. The van der Waals surface area contributed by atoms with Crippen molar-refractivity contribution in [2.45, 2.75) is 0 Å². The predicted molar refractivity (Wildman–Crippen MR) is 90.6 cm³/mol. The fraction of sp³-hybridized carbons (Fsp3) is 0.0588. The van der Waals surface area contributed by atoms with Gasteiger partial charge in [-0.25, -0.2) is 9.18 Å². The normalized spacial score (nSPS) is 10.2. The van der Waals surface area contributed by atoms with Crippen LogP contribution in [0.5, 0.6) is 0 Å². The highest BCUT2D eigenvalue weighted by Gasteiger charge is 2.07. The lowest BCUT2D eigenvalue weighted by atomic mass is 10.2. The summed E-state index contributed by atoms with van der Waals surface area (Å²) in [6, 6.07) is 12.9. The van der Waals surface area contributed by atoms with Gasteiger partial charge in [-0.15, -0.1) is 5.10 Å². The monoisotopic (exact) mass is 339 g/mol. The van der Waals surface area contributed by atoms with Gasteiger partial charge in [-0.3, -0.25) is 0 Å². The fourth-order valence-corrected chi connectivity index (χ4v) is 2.06. The standard InChI is InChI=1S/C17H14FN5O2/c1-25-16(24)11-6-8-12(9-7-11)20-15-10-19-23-17(22-15)21-14-5-3-2-4-13(14)18/h2-10H,1H3,(H2,20,21,22,23). The van der Waals surface area contributed by atoms with Crippen LogP contribution in [0, 0.1) is 5.82 Å². The Morgan fingerprint density at radius 2 is 1.84 bits per heavy atom. The minimum atomic E-state index is -0.414. The molecular weight excluding hydrogens is 325 g/mol. The predicted octanol–water partition coefficient (Wildman–Crippen LogP) is 3.28. The van der Waals surface area contributed by atoms with Gasteiger partial charge in [0.05, 0.1) is 24.6 Å². The summed E-state index contributed by atoms with van der Waals surface area (Å²) in [5, 5.41) is 13.5. The molecule has 8 heteroatoms. The zero-order valence-electron chi connectivity index (χ0n) is 13.2. The number of hydrogen-bond acceptors (Lipinski definition) is 7. The number of anilines is 4. The number of halogens is 1. The van der Waals surface area contributed by atoms with Crippen LogP contribution < -0.4 is 10.6 Å². The molecule has 3 rings (SSSR count). The smallest absolute Gasteiger partial charge is 0.337 e. The molecule has 0 aliphatic carbocycles. The molecule has 3 aromatic rings. The summed E-state index contributed by atoms with van der Waals surface area (Å²) in [6.07, 6.45) is 1.43. The largest absolute Gasteiger partial charge is 0.465 e. The minimum absolute atomic E-state index is 0.154. The summed E-state index contributed by atoms with van der Waals surface area (Å²) in [7, 11) is 1.32. The number of carbonyl (C=O) groups is 1. The summed E-state index contributed by atoms with van der Waals surface area (Å²) >= 11 is 0. The Hall–Kier alpha value is -3.55. The number of esters is 1. The van der Waals surface area contributed by atoms with Gasteiger partial charge in [-0.1, -0.05) is 12.1 Å². The SMILES string of the molecule is COC(=O)c1ccc(Nc2cnnc(Nc3ccccc3F)n2)cc1. The molecule has 0 aliphatic heterocycles. The van der Waals surface area contributed by atoms with Crippen LogP contribution in [-0.2, 0) is 4.74 Å². The number of nitrogens with one attached hydrogen (secondary N) is 2. The molecule has 2 aromatic carbocycles. The van der Waals surface area contributed by atoms with Crippen LogP contribution in [0.2, 0.25) is 0 Å². The van der Waals surface area contributed by atoms with Crippen LogP contribution >= 0.6 is 0 Å². The van der Waals surface area contributed by atoms with Gasteiger partial charge in [-0.2, -0.15) is 10.1 Å². The average molecular weight is 339 g/mol. The van der Waals surface area contributed by atoms with E-state index in [1.165, 1.54) is 19.4 Å². The van der Waals surface area contributed by atoms with E-state index in [1.807, 2.05) is 0 Å². The van der Waals surface area contributed by atoms with Crippen molar-refractivity contribution >= 4 is 29.1 Å². The number of aromatic nitrogens is 3. The number of nitrogens with zero attached hydrogens (tertiary/aromatic N) is 3. The summed E-state index contributed by atoms with van der Waals surface area (Å²) in [6.45, 7) is 0. The maximum Gasteiger partial charge on any atom is 0.337 e. The lowest BCUT2D eigenvalue weighted by molar-refractivity contribution is 0.0601. The van der Waals surface area contributed by atoms with E-state index in [1.54, 1.807) is 42.5 Å². The second kappa shape index (κ2) is 7.35. The Kier molecular flexibility index (Phi) is 4.79. The van der Waals surface area contributed by atoms with Crippen LogP contribution in [-0.4, -0.2) is 28.3 Å². The number of para-hydroxylation sites is 1. The third-order valence-corrected chi connectivity index (χ3v) is 3.26. The van der Waals surface area contributed by atoms with E-state index in [0.29, 0.717) is 17.1 Å². The zero-order chi connectivity index (χ0) is 17.6. The van der Waals surface area contributed by atoms with E-state index < -0.39 is 11.8 Å². The molecule has 0 spiro atoms. The topological polar surface area (TPSA) is 89.0 Å². The number of ether oxygens (including phenoxy) is 1. The molecule has 0 bridgehead atoms. The van der Waals surface area contributed by atoms with Crippen molar-refractivity contribution in [1.82, 2.24) is 15.2 Å². The van der Waals surface area contributed by atoms with Crippen LogP contribution in [0.4, 0.5) is 27.5 Å². The van der Waals surface area contributed by atoms with Crippen molar-refractivity contribution in [3.05, 3.63) is 66.1 Å². The first kappa shape index (κ1) is 16.3. The number of benzene rings is 2. The molecule has 126 valence electrons. The van der Waals surface area contributed by atoms with Crippen molar-refractivity contribution in [3.63, 3.8) is 0 Å². The Bertz CT molecular complexity index is 886. The van der Waals surface area contributed by atoms with E-state index in [0.717, 1.165) is 0 Å². The molecule has 25 heavy (non-hydrogen) atoms. The van der Waals surface area contributed by atoms with Crippen molar-refractivity contribution in [1.29, 1.82) is 0 Å². The first-order valence-electron chi connectivity index (χ1n) is 7.32. The summed E-state index contributed by atoms with van der Waals surface area (Å²) in [5.41, 5.74) is 1.39. The molecule has 1 aromatic heterocycles. The number of carbonyl (C=O) groups excluding carboxylic acids is 1. The molecule has 0 aliphatic rings. The Labute approximate surface area is 142 Å². The van der Waals surface area contributed by atoms with E-state index in [2.05, 4.69) is 30.6 Å². The molecule has 0 fully saturated rings. The maximum absolute atomic E-state index is 13.7. The summed E-state index contributed by atoms with van der Waals surface area (Å²) in [4.78, 5) is 15.6. The van der Waals surface area contributed by atoms with Gasteiger partial charge in [0.2, 0.25) is 5.95 Å². The molecule has 0 atom stereocenters. The quantitative estimate of drug-likeness (QED) is 0.690. The summed E-state index contributed by atoms with van der Waals surface area (Å²) < 4.78 is 18.3. The average Bonchev–Trinajstić information content (AvgIpc) is 2.64. The van der Waals surface area contributed by atoms with Crippen LogP contribution in [0.3, 0.4) is 0 Å². The van der Waals surface area contributed by atoms with Gasteiger partial charge in [0.1, 0.15) is 5.82 Å². The van der Waals surface area contributed by atoms with E-state index in [9.17, 15) is 9.18 Å². The third-order valence-electron chi connectivity index (χ3n) is 3.26. The highest BCUT2D eigenvalue weighted by Crippen LogP contribution is 2.19. The van der Waals surface area contributed by atoms with Gasteiger partial charge in [0.25, 0.3) is 0 Å². The molecule has 0 saturated carbocycles. The highest BCUT2D eigenvalue weighted by atomic mass is 19.1. The van der Waals surface area contributed by atoms with Gasteiger partial charge in [0.15, 0.2) is 5.82 Å². The van der Waals surface area contributed by atoms with E-state index in [-0.39, 0.29) is 11.6 Å². The molecule has 0 unspecified atom stereocenters. The second-order valence-corrected chi connectivity index (χ2v) is 4.96. The summed E-state index contributed by atoms with van der Waals surface area (Å²) in [5.74, 6) is -0.254. The molecule has 1 heterocycles. The number of methoxy groups -OCH3 is 1. The first-order chi connectivity index (χ1) is 12.2. The Morgan fingerprint density at radius 3 is 2.56 bits per heavy atom. The van der Waals surface area contributed by atoms with Gasteiger partial charge >= 0.3 is 5.97 Å². The van der Waals surface area contributed by atoms with Crippen LogP contribution in [0.1, 0.15) is 10.4 Å². The minimum Gasteiger partial charge on any atom is -0.465 e. The second-order valence-electron chi connectivity index (χ2n) is 4.96. The molecule has 7 nitrogen and oxygen atoms in total. The fourth-order valence-electron chi connectivity index (χ4n) is 2.06. The molecular formula is C17H14FN5O2.